The number of carbonyl (C=O) groups excluding carboxylic acids is 3. The van der Waals surface area contributed by atoms with E-state index in [2.05, 4.69) is 10.1 Å². The molecule has 0 bridgehead atoms. The third-order valence-electron chi connectivity index (χ3n) is 3.30. The van der Waals surface area contributed by atoms with Crippen molar-refractivity contribution in [3.8, 4) is 0 Å². The predicted octanol–water partition coefficient (Wildman–Crippen LogP) is 0.627. The molecular formula is C13H14N2O4. The first-order valence-electron chi connectivity index (χ1n) is 5.75. The van der Waals surface area contributed by atoms with Gasteiger partial charge in [0.2, 0.25) is 0 Å². The highest BCUT2D eigenvalue weighted by Gasteiger charge is 2.51. The van der Waals surface area contributed by atoms with Crippen LogP contribution >= 0.6 is 0 Å². The van der Waals surface area contributed by atoms with E-state index >= 15 is 0 Å². The van der Waals surface area contributed by atoms with Gasteiger partial charge in [0.1, 0.15) is 12.1 Å². The van der Waals surface area contributed by atoms with Gasteiger partial charge in [-0.2, -0.15) is 0 Å². The number of esters is 1. The van der Waals surface area contributed by atoms with Crippen molar-refractivity contribution in [2.75, 3.05) is 13.7 Å². The Kier molecular flexibility index (Phi) is 3.25. The number of hydrogen-bond donors (Lipinski definition) is 1. The molecule has 1 aromatic carbocycles. The molecule has 1 unspecified atom stereocenters. The van der Waals surface area contributed by atoms with E-state index in [1.165, 1.54) is 12.0 Å². The molecule has 1 aromatic rings. The third kappa shape index (κ3) is 2.05. The molecule has 0 spiro atoms. The molecule has 1 heterocycles. The van der Waals surface area contributed by atoms with Gasteiger partial charge in [0.25, 0.3) is 5.91 Å². The molecule has 6 heteroatoms. The summed E-state index contributed by atoms with van der Waals surface area (Å²) >= 11 is 0. The number of amides is 3. The van der Waals surface area contributed by atoms with E-state index in [1.54, 1.807) is 31.2 Å². The van der Waals surface area contributed by atoms with Crippen molar-refractivity contribution >= 4 is 17.9 Å². The second kappa shape index (κ2) is 4.72. The molecule has 1 atom stereocenters. The Balaban J connectivity index is 2.42. The lowest BCUT2D eigenvalue weighted by atomic mass is 9.90. The minimum absolute atomic E-state index is 0.278. The summed E-state index contributed by atoms with van der Waals surface area (Å²) < 4.78 is 4.55. The second-order valence-corrected chi connectivity index (χ2v) is 4.36. The van der Waals surface area contributed by atoms with E-state index in [1.807, 2.05) is 6.07 Å². The van der Waals surface area contributed by atoms with Crippen LogP contribution < -0.4 is 5.32 Å². The Labute approximate surface area is 110 Å². The summed E-state index contributed by atoms with van der Waals surface area (Å²) in [6, 6.07) is 8.23. The van der Waals surface area contributed by atoms with Crippen molar-refractivity contribution < 1.29 is 19.1 Å². The standard InChI is InChI=1S/C13H14N2O4/c1-13(9-6-4-3-5-7-9)11(17)14-12(18)15(13)8-10(16)19-2/h3-7H,8H2,1-2H3,(H,14,17,18). The van der Waals surface area contributed by atoms with Crippen molar-refractivity contribution in [2.45, 2.75) is 12.5 Å². The lowest BCUT2D eigenvalue weighted by Crippen LogP contribution is -2.46. The van der Waals surface area contributed by atoms with Gasteiger partial charge in [-0.05, 0) is 12.5 Å². The van der Waals surface area contributed by atoms with Gasteiger partial charge in [0.15, 0.2) is 0 Å². The summed E-state index contributed by atoms with van der Waals surface area (Å²) in [7, 11) is 1.23. The number of imide groups is 1. The van der Waals surface area contributed by atoms with Gasteiger partial charge in [-0.3, -0.25) is 19.8 Å². The normalized spacial score (nSPS) is 22.3. The monoisotopic (exact) mass is 262 g/mol. The number of benzene rings is 1. The van der Waals surface area contributed by atoms with Crippen molar-refractivity contribution in [2.24, 2.45) is 0 Å². The zero-order valence-corrected chi connectivity index (χ0v) is 10.7. The molecule has 0 aromatic heterocycles. The zero-order valence-electron chi connectivity index (χ0n) is 10.7. The maximum atomic E-state index is 12.1. The second-order valence-electron chi connectivity index (χ2n) is 4.36. The highest BCUT2D eigenvalue weighted by atomic mass is 16.5. The van der Waals surface area contributed by atoms with Crippen molar-refractivity contribution in [3.63, 3.8) is 0 Å². The Morgan fingerprint density at radius 2 is 1.95 bits per heavy atom. The summed E-state index contributed by atoms with van der Waals surface area (Å²) in [5, 5.41) is 2.23. The minimum Gasteiger partial charge on any atom is -0.468 e. The van der Waals surface area contributed by atoms with Crippen LogP contribution in [0.15, 0.2) is 30.3 Å². The number of methoxy groups -OCH3 is 1. The highest BCUT2D eigenvalue weighted by molar-refractivity contribution is 6.08. The van der Waals surface area contributed by atoms with Gasteiger partial charge in [-0.1, -0.05) is 30.3 Å². The van der Waals surface area contributed by atoms with Crippen LogP contribution in [0.2, 0.25) is 0 Å². The lowest BCUT2D eigenvalue weighted by Gasteiger charge is -2.31. The van der Waals surface area contributed by atoms with Gasteiger partial charge in [-0.15, -0.1) is 0 Å². The van der Waals surface area contributed by atoms with Crippen molar-refractivity contribution in [3.05, 3.63) is 35.9 Å². The number of ether oxygens (including phenoxy) is 1. The number of nitrogens with zero attached hydrogens (tertiary/aromatic N) is 1. The van der Waals surface area contributed by atoms with Crippen molar-refractivity contribution in [1.29, 1.82) is 0 Å². The number of rotatable bonds is 3. The van der Waals surface area contributed by atoms with E-state index in [9.17, 15) is 14.4 Å². The van der Waals surface area contributed by atoms with Gasteiger partial charge in [-0.25, -0.2) is 4.79 Å². The molecule has 6 nitrogen and oxygen atoms in total. The van der Waals surface area contributed by atoms with Crippen LogP contribution in [0.1, 0.15) is 12.5 Å². The summed E-state index contributed by atoms with van der Waals surface area (Å²) in [5.41, 5.74) is -0.561. The SMILES string of the molecule is COC(=O)CN1C(=O)NC(=O)C1(C)c1ccccc1. The highest BCUT2D eigenvalue weighted by Crippen LogP contribution is 2.32. The van der Waals surface area contributed by atoms with Crippen LogP contribution in [-0.4, -0.2) is 36.5 Å². The van der Waals surface area contributed by atoms with Crippen LogP contribution in [-0.2, 0) is 19.9 Å². The fourth-order valence-electron chi connectivity index (χ4n) is 2.09. The molecule has 1 fully saturated rings. The average Bonchev–Trinajstić information content (AvgIpc) is 2.64. The molecule has 0 radical (unpaired) electrons. The first kappa shape index (κ1) is 13.1. The molecule has 3 amide bonds. The average molecular weight is 262 g/mol. The Morgan fingerprint density at radius 1 is 1.32 bits per heavy atom. The number of nitrogens with one attached hydrogen (secondary N) is 1. The van der Waals surface area contributed by atoms with Crippen LogP contribution in [0.25, 0.3) is 0 Å². The van der Waals surface area contributed by atoms with E-state index < -0.39 is 23.4 Å². The largest absolute Gasteiger partial charge is 0.468 e. The topological polar surface area (TPSA) is 75.7 Å². The van der Waals surface area contributed by atoms with Crippen LogP contribution in [0.3, 0.4) is 0 Å². The molecular weight excluding hydrogens is 248 g/mol. The van der Waals surface area contributed by atoms with Crippen LogP contribution in [0.5, 0.6) is 0 Å². The van der Waals surface area contributed by atoms with E-state index in [0.29, 0.717) is 5.56 Å². The molecule has 19 heavy (non-hydrogen) atoms. The van der Waals surface area contributed by atoms with Gasteiger partial charge >= 0.3 is 12.0 Å². The van der Waals surface area contributed by atoms with Crippen molar-refractivity contribution in [1.82, 2.24) is 10.2 Å². The van der Waals surface area contributed by atoms with Gasteiger partial charge < -0.3 is 4.74 Å². The van der Waals surface area contributed by atoms with E-state index in [0.717, 1.165) is 0 Å². The minimum atomic E-state index is -1.20. The molecule has 2 rings (SSSR count). The molecule has 0 aliphatic carbocycles. The molecule has 0 saturated carbocycles. The van der Waals surface area contributed by atoms with Crippen LogP contribution in [0, 0.1) is 0 Å². The molecule has 1 saturated heterocycles. The quantitative estimate of drug-likeness (QED) is 0.640. The Bertz CT molecular complexity index is 529. The fraction of sp³-hybridized carbons (Fsp3) is 0.308. The molecule has 1 aliphatic heterocycles. The molecule has 1 N–H and O–H groups in total. The first-order valence-corrected chi connectivity index (χ1v) is 5.75. The summed E-state index contributed by atoms with van der Waals surface area (Å²) in [5.74, 6) is -1.03. The zero-order chi connectivity index (χ0) is 14.0. The van der Waals surface area contributed by atoms with Crippen LogP contribution in [0.4, 0.5) is 4.79 Å². The smallest absolute Gasteiger partial charge is 0.325 e. The summed E-state index contributed by atoms with van der Waals surface area (Å²) in [6.07, 6.45) is 0. The third-order valence-corrected chi connectivity index (χ3v) is 3.30. The maximum Gasteiger partial charge on any atom is 0.325 e. The molecule has 1 aliphatic rings. The van der Waals surface area contributed by atoms with Gasteiger partial charge in [0.05, 0.1) is 7.11 Å². The summed E-state index contributed by atoms with van der Waals surface area (Å²) in [4.78, 5) is 36.4. The Hall–Kier alpha value is -2.37. The van der Waals surface area contributed by atoms with Gasteiger partial charge in [0, 0.05) is 0 Å². The van der Waals surface area contributed by atoms with E-state index in [-0.39, 0.29) is 6.54 Å². The van der Waals surface area contributed by atoms with E-state index in [4.69, 9.17) is 0 Å². The first-order chi connectivity index (χ1) is 9.00. The maximum absolute atomic E-state index is 12.1. The number of urea groups is 1. The number of hydrogen-bond acceptors (Lipinski definition) is 4. The fourth-order valence-corrected chi connectivity index (χ4v) is 2.09. The summed E-state index contributed by atoms with van der Waals surface area (Å²) in [6.45, 7) is 1.32. The Morgan fingerprint density at radius 3 is 2.53 bits per heavy atom. The predicted molar refractivity (Wildman–Crippen MR) is 66.1 cm³/mol. The number of carbonyl (C=O) groups is 3. The lowest BCUT2D eigenvalue weighted by molar-refractivity contribution is -0.142. The molecule has 100 valence electrons.